The Kier molecular flexibility index (Phi) is 4.97. The Morgan fingerprint density at radius 1 is 1.12 bits per heavy atom. The van der Waals surface area contributed by atoms with Gasteiger partial charge in [-0.1, -0.05) is 26.8 Å². The van der Waals surface area contributed by atoms with E-state index in [0.29, 0.717) is 6.54 Å². The summed E-state index contributed by atoms with van der Waals surface area (Å²) < 4.78 is 12.9. The van der Waals surface area contributed by atoms with E-state index in [4.69, 9.17) is 9.47 Å². The zero-order chi connectivity index (χ0) is 18.7. The third kappa shape index (κ3) is 4.04. The first-order valence-electron chi connectivity index (χ1n) is 8.64. The van der Waals surface area contributed by atoms with Crippen LogP contribution in [0.3, 0.4) is 0 Å². The van der Waals surface area contributed by atoms with Gasteiger partial charge in [-0.2, -0.15) is 4.52 Å². The van der Waals surface area contributed by atoms with Crippen LogP contribution >= 0.6 is 0 Å². The van der Waals surface area contributed by atoms with Crippen molar-refractivity contribution in [1.82, 2.24) is 19.8 Å². The quantitative estimate of drug-likeness (QED) is 0.731. The number of fused-ring (bicyclic) bond motifs is 1. The summed E-state index contributed by atoms with van der Waals surface area (Å²) >= 11 is 0. The van der Waals surface area contributed by atoms with Crippen molar-refractivity contribution >= 4 is 11.5 Å². The van der Waals surface area contributed by atoms with Crippen molar-refractivity contribution in [2.75, 3.05) is 19.0 Å². The molecule has 1 N–H and O–H groups in total. The van der Waals surface area contributed by atoms with Crippen LogP contribution in [-0.4, -0.2) is 39.6 Å². The molecule has 0 radical (unpaired) electrons. The minimum Gasteiger partial charge on any atom is -0.497 e. The fourth-order valence-electron chi connectivity index (χ4n) is 2.55. The third-order valence-electron chi connectivity index (χ3n) is 3.88. The lowest BCUT2D eigenvalue weighted by Gasteiger charge is -2.17. The lowest BCUT2D eigenvalue weighted by atomic mass is 9.96. The molecule has 0 saturated carbocycles. The molecule has 0 bridgehead atoms. The number of aromatic nitrogens is 4. The van der Waals surface area contributed by atoms with Crippen LogP contribution in [0.5, 0.6) is 11.5 Å². The highest BCUT2D eigenvalue weighted by molar-refractivity contribution is 5.44. The second-order valence-corrected chi connectivity index (χ2v) is 7.25. The number of anilines is 1. The van der Waals surface area contributed by atoms with Gasteiger partial charge in [0.15, 0.2) is 11.5 Å². The van der Waals surface area contributed by atoms with Gasteiger partial charge in [0.25, 0.3) is 0 Å². The van der Waals surface area contributed by atoms with Crippen molar-refractivity contribution in [3.63, 3.8) is 0 Å². The van der Waals surface area contributed by atoms with Gasteiger partial charge in [-0.25, -0.2) is 0 Å². The number of ether oxygens (including phenoxy) is 2. The standard InChI is InChI=1S/C19H25N5O2/c1-13(26-15-8-6-7-14(11-15)25-5)12-20-16-9-10-17-21-22-18(19(2,3)4)24(17)23-16/h6-11,13H,12H2,1-5H3,(H,20,23). The Morgan fingerprint density at radius 2 is 1.88 bits per heavy atom. The predicted octanol–water partition coefficient (Wildman–Crippen LogP) is 3.31. The first kappa shape index (κ1) is 18.0. The van der Waals surface area contributed by atoms with Crippen molar-refractivity contribution in [3.8, 4) is 11.5 Å². The summed E-state index contributed by atoms with van der Waals surface area (Å²) in [4.78, 5) is 0. The molecule has 2 aromatic heterocycles. The molecule has 1 atom stereocenters. The van der Waals surface area contributed by atoms with Crippen LogP contribution in [-0.2, 0) is 5.41 Å². The average molecular weight is 355 g/mol. The molecule has 26 heavy (non-hydrogen) atoms. The molecule has 0 aliphatic carbocycles. The topological polar surface area (TPSA) is 73.6 Å². The van der Waals surface area contributed by atoms with E-state index in [0.717, 1.165) is 28.8 Å². The normalized spacial score (nSPS) is 12.8. The highest BCUT2D eigenvalue weighted by Gasteiger charge is 2.21. The molecule has 0 aliphatic heterocycles. The van der Waals surface area contributed by atoms with Gasteiger partial charge in [-0.15, -0.1) is 15.3 Å². The Labute approximate surface area is 153 Å². The molecule has 7 nitrogen and oxygen atoms in total. The lowest BCUT2D eigenvalue weighted by Crippen LogP contribution is -2.23. The summed E-state index contributed by atoms with van der Waals surface area (Å²) in [6, 6.07) is 11.4. The molecule has 1 unspecified atom stereocenters. The van der Waals surface area contributed by atoms with Gasteiger partial charge in [0.2, 0.25) is 0 Å². The number of rotatable bonds is 6. The van der Waals surface area contributed by atoms with Crippen molar-refractivity contribution < 1.29 is 9.47 Å². The Morgan fingerprint density at radius 3 is 2.62 bits per heavy atom. The maximum Gasteiger partial charge on any atom is 0.178 e. The fourth-order valence-corrected chi connectivity index (χ4v) is 2.55. The van der Waals surface area contributed by atoms with E-state index in [1.807, 2.05) is 43.3 Å². The summed E-state index contributed by atoms with van der Waals surface area (Å²) in [7, 11) is 1.64. The maximum atomic E-state index is 5.93. The lowest BCUT2D eigenvalue weighted by molar-refractivity contribution is 0.233. The van der Waals surface area contributed by atoms with Crippen molar-refractivity contribution in [2.45, 2.75) is 39.2 Å². The number of methoxy groups -OCH3 is 1. The summed E-state index contributed by atoms with van der Waals surface area (Å²) in [6.45, 7) is 8.90. The predicted molar refractivity (Wildman–Crippen MR) is 101 cm³/mol. The number of hydrogen-bond acceptors (Lipinski definition) is 6. The summed E-state index contributed by atoms with van der Waals surface area (Å²) in [5.41, 5.74) is 0.606. The van der Waals surface area contributed by atoms with Gasteiger partial charge in [-0.3, -0.25) is 0 Å². The van der Waals surface area contributed by atoms with Gasteiger partial charge in [0.05, 0.1) is 13.7 Å². The molecule has 0 aliphatic rings. The minimum atomic E-state index is -0.131. The number of hydrogen-bond donors (Lipinski definition) is 1. The molecule has 0 amide bonds. The molecule has 3 rings (SSSR count). The largest absolute Gasteiger partial charge is 0.497 e. The Hall–Kier alpha value is -2.83. The number of nitrogens with one attached hydrogen (secondary N) is 1. The van der Waals surface area contributed by atoms with Crippen LogP contribution in [0.25, 0.3) is 5.65 Å². The number of benzene rings is 1. The minimum absolute atomic E-state index is 0.0393. The molecule has 138 valence electrons. The molecule has 0 saturated heterocycles. The van der Waals surface area contributed by atoms with E-state index in [1.165, 1.54) is 0 Å². The molecule has 3 aromatic rings. The van der Waals surface area contributed by atoms with Crippen molar-refractivity contribution in [1.29, 1.82) is 0 Å². The SMILES string of the molecule is COc1cccc(OC(C)CNc2ccc3nnc(C(C)(C)C)n3n2)c1. The smallest absolute Gasteiger partial charge is 0.178 e. The molecule has 0 spiro atoms. The molecule has 1 aromatic carbocycles. The van der Waals surface area contributed by atoms with Gasteiger partial charge in [0, 0.05) is 11.5 Å². The van der Waals surface area contributed by atoms with Crippen molar-refractivity contribution in [3.05, 3.63) is 42.2 Å². The molecule has 7 heteroatoms. The van der Waals surface area contributed by atoms with Gasteiger partial charge in [-0.05, 0) is 31.2 Å². The van der Waals surface area contributed by atoms with Crippen LogP contribution in [0.15, 0.2) is 36.4 Å². The van der Waals surface area contributed by atoms with Crippen molar-refractivity contribution in [2.24, 2.45) is 0 Å². The van der Waals surface area contributed by atoms with E-state index >= 15 is 0 Å². The van der Waals surface area contributed by atoms with Gasteiger partial charge < -0.3 is 14.8 Å². The Balaban J connectivity index is 1.67. The summed E-state index contributed by atoms with van der Waals surface area (Å²) in [5.74, 6) is 3.13. The Bertz CT molecular complexity index is 885. The number of nitrogens with zero attached hydrogens (tertiary/aromatic N) is 4. The second-order valence-electron chi connectivity index (χ2n) is 7.25. The first-order valence-corrected chi connectivity index (χ1v) is 8.64. The van der Waals surface area contributed by atoms with Gasteiger partial charge >= 0.3 is 0 Å². The van der Waals surface area contributed by atoms with E-state index in [-0.39, 0.29) is 11.5 Å². The zero-order valence-electron chi connectivity index (χ0n) is 15.9. The van der Waals surface area contributed by atoms with E-state index in [9.17, 15) is 0 Å². The highest BCUT2D eigenvalue weighted by atomic mass is 16.5. The summed E-state index contributed by atoms with van der Waals surface area (Å²) in [6.07, 6.45) is -0.0393. The van der Waals surface area contributed by atoms with Crippen LogP contribution in [0, 0.1) is 0 Å². The van der Waals surface area contributed by atoms with Crippen LogP contribution < -0.4 is 14.8 Å². The third-order valence-corrected chi connectivity index (χ3v) is 3.88. The van der Waals surface area contributed by atoms with Gasteiger partial charge in [0.1, 0.15) is 23.4 Å². The van der Waals surface area contributed by atoms with Crippen LogP contribution in [0.1, 0.15) is 33.5 Å². The summed E-state index contributed by atoms with van der Waals surface area (Å²) in [5, 5.41) is 16.4. The fraction of sp³-hybridized carbons (Fsp3) is 0.421. The highest BCUT2D eigenvalue weighted by Crippen LogP contribution is 2.21. The molecule has 0 fully saturated rings. The average Bonchev–Trinajstić information content (AvgIpc) is 3.03. The monoisotopic (exact) mass is 355 g/mol. The van der Waals surface area contributed by atoms with E-state index in [1.54, 1.807) is 11.6 Å². The maximum absolute atomic E-state index is 5.93. The van der Waals surface area contributed by atoms with E-state index < -0.39 is 0 Å². The van der Waals surface area contributed by atoms with Crippen LogP contribution in [0.2, 0.25) is 0 Å². The molecular weight excluding hydrogens is 330 g/mol. The molecule has 2 heterocycles. The second kappa shape index (κ2) is 7.19. The molecular formula is C19H25N5O2. The first-order chi connectivity index (χ1) is 12.4. The van der Waals surface area contributed by atoms with Crippen LogP contribution in [0.4, 0.5) is 5.82 Å². The zero-order valence-corrected chi connectivity index (χ0v) is 15.9. The van der Waals surface area contributed by atoms with E-state index in [2.05, 4.69) is 41.4 Å².